The zero-order valence-corrected chi connectivity index (χ0v) is 23.7. The fourth-order valence-electron chi connectivity index (χ4n) is 5.73. The number of unbranched alkanes of at least 4 members (excludes halogenated alkanes) is 1. The molecule has 2 fully saturated rings. The van der Waals surface area contributed by atoms with Gasteiger partial charge in [-0.25, -0.2) is 12.7 Å². The Kier molecular flexibility index (Phi) is 9.26. The van der Waals surface area contributed by atoms with E-state index in [9.17, 15) is 18.0 Å². The highest BCUT2D eigenvalue weighted by molar-refractivity contribution is 7.89. The lowest BCUT2D eigenvalue weighted by Gasteiger charge is -2.34. The molecule has 2 N–H and O–H groups in total. The summed E-state index contributed by atoms with van der Waals surface area (Å²) >= 11 is 0. The van der Waals surface area contributed by atoms with E-state index >= 15 is 0 Å². The molecule has 4 rings (SSSR count). The van der Waals surface area contributed by atoms with E-state index in [1.807, 2.05) is 19.1 Å². The number of nitrogens with zero attached hydrogens (tertiary/aromatic N) is 2. The lowest BCUT2D eigenvalue weighted by molar-refractivity contribution is -0.125. The van der Waals surface area contributed by atoms with Gasteiger partial charge in [0.1, 0.15) is 11.4 Å². The van der Waals surface area contributed by atoms with Gasteiger partial charge in [-0.05, 0) is 81.5 Å². The molecule has 1 saturated carbocycles. The number of aliphatic imine (C=N–C) groups is 1. The first-order valence-corrected chi connectivity index (χ1v) is 15.6. The Balaban J connectivity index is 1.30. The number of ether oxygens (including phenoxy) is 1. The SMILES string of the molecule is CCCCOC1CCC(C2=NC3(CCN(S(=O)(=O)CCc4ccc(NC(C)=O)cc4C)CC3)C(=O)N2)CC1. The number of amidine groups is 1. The van der Waals surface area contributed by atoms with Crippen LogP contribution in [0.15, 0.2) is 23.2 Å². The van der Waals surface area contributed by atoms with Crippen molar-refractivity contribution in [3.05, 3.63) is 29.3 Å². The zero-order chi connectivity index (χ0) is 27.3. The number of carbonyl (C=O) groups excluding carboxylic acids is 2. The number of benzene rings is 1. The summed E-state index contributed by atoms with van der Waals surface area (Å²) in [7, 11) is -3.47. The van der Waals surface area contributed by atoms with E-state index in [1.165, 1.54) is 11.2 Å². The average molecular weight is 547 g/mol. The first-order chi connectivity index (χ1) is 18.1. The Morgan fingerprint density at radius 3 is 2.55 bits per heavy atom. The van der Waals surface area contributed by atoms with E-state index in [1.54, 1.807) is 6.07 Å². The van der Waals surface area contributed by atoms with Gasteiger partial charge in [-0.1, -0.05) is 19.4 Å². The largest absolute Gasteiger partial charge is 0.378 e. The van der Waals surface area contributed by atoms with E-state index in [0.29, 0.717) is 44.1 Å². The summed E-state index contributed by atoms with van der Waals surface area (Å²) in [4.78, 5) is 29.2. The Hall–Kier alpha value is -2.30. The molecule has 9 nitrogen and oxygen atoms in total. The smallest absolute Gasteiger partial charge is 0.253 e. The fraction of sp³-hybridized carbons (Fsp3) is 0.679. The minimum Gasteiger partial charge on any atom is -0.378 e. The average Bonchev–Trinajstić information content (AvgIpc) is 3.19. The number of hydrogen-bond donors (Lipinski definition) is 2. The molecule has 2 heterocycles. The molecule has 0 atom stereocenters. The number of rotatable bonds is 10. The second kappa shape index (κ2) is 12.3. The van der Waals surface area contributed by atoms with Crippen molar-refractivity contribution in [3.63, 3.8) is 0 Å². The Morgan fingerprint density at radius 1 is 1.21 bits per heavy atom. The molecule has 0 unspecified atom stereocenters. The van der Waals surface area contributed by atoms with Crippen LogP contribution in [-0.2, 0) is 30.8 Å². The predicted molar refractivity (Wildman–Crippen MR) is 149 cm³/mol. The number of sulfonamides is 1. The van der Waals surface area contributed by atoms with Crippen molar-refractivity contribution in [2.24, 2.45) is 10.9 Å². The van der Waals surface area contributed by atoms with Crippen molar-refractivity contribution in [2.45, 2.75) is 90.2 Å². The van der Waals surface area contributed by atoms with Gasteiger partial charge in [0.05, 0.1) is 11.9 Å². The van der Waals surface area contributed by atoms with Gasteiger partial charge in [0.15, 0.2) is 0 Å². The van der Waals surface area contributed by atoms with Crippen molar-refractivity contribution < 1.29 is 22.7 Å². The van der Waals surface area contributed by atoms with Crippen LogP contribution in [0, 0.1) is 12.8 Å². The van der Waals surface area contributed by atoms with Crippen molar-refractivity contribution in [2.75, 3.05) is 30.8 Å². The molecule has 2 aliphatic heterocycles. The maximum Gasteiger partial charge on any atom is 0.253 e. The second-order valence-corrected chi connectivity index (χ2v) is 13.1. The summed E-state index contributed by atoms with van der Waals surface area (Å²) in [6.07, 6.45) is 7.60. The van der Waals surface area contributed by atoms with Gasteiger partial charge in [0.2, 0.25) is 15.9 Å². The molecular weight excluding hydrogens is 504 g/mol. The minimum atomic E-state index is -3.47. The molecule has 2 amide bonds. The topological polar surface area (TPSA) is 117 Å². The van der Waals surface area contributed by atoms with Crippen LogP contribution in [0.3, 0.4) is 0 Å². The number of carbonyl (C=O) groups is 2. The van der Waals surface area contributed by atoms with Crippen molar-refractivity contribution in [1.82, 2.24) is 9.62 Å². The van der Waals surface area contributed by atoms with Gasteiger partial charge < -0.3 is 15.4 Å². The van der Waals surface area contributed by atoms with Crippen LogP contribution in [0.25, 0.3) is 0 Å². The van der Waals surface area contributed by atoms with Gasteiger partial charge in [0.25, 0.3) is 5.91 Å². The third-order valence-electron chi connectivity index (χ3n) is 8.15. The van der Waals surface area contributed by atoms with Crippen LogP contribution in [0.1, 0.15) is 76.3 Å². The molecule has 0 bridgehead atoms. The number of piperidine rings is 1. The lowest BCUT2D eigenvalue weighted by Crippen LogP contribution is -2.51. The van der Waals surface area contributed by atoms with Crippen LogP contribution in [0.2, 0.25) is 0 Å². The van der Waals surface area contributed by atoms with Crippen molar-refractivity contribution in [3.8, 4) is 0 Å². The predicted octanol–water partition coefficient (Wildman–Crippen LogP) is 3.56. The van der Waals surface area contributed by atoms with Crippen LogP contribution in [0.4, 0.5) is 5.69 Å². The molecule has 38 heavy (non-hydrogen) atoms. The summed E-state index contributed by atoms with van der Waals surface area (Å²) in [5, 5.41) is 5.80. The maximum absolute atomic E-state index is 13.1. The van der Waals surface area contributed by atoms with Gasteiger partial charge in [-0.3, -0.25) is 14.6 Å². The molecule has 1 aliphatic carbocycles. The highest BCUT2D eigenvalue weighted by atomic mass is 32.2. The normalized spacial score (nSPS) is 23.8. The summed E-state index contributed by atoms with van der Waals surface area (Å²) in [5.41, 5.74) is 1.73. The zero-order valence-electron chi connectivity index (χ0n) is 22.9. The van der Waals surface area contributed by atoms with Gasteiger partial charge in [-0.2, -0.15) is 0 Å². The Morgan fingerprint density at radius 2 is 1.92 bits per heavy atom. The highest BCUT2D eigenvalue weighted by Gasteiger charge is 2.48. The summed E-state index contributed by atoms with van der Waals surface area (Å²) in [6.45, 7) is 6.94. The summed E-state index contributed by atoms with van der Waals surface area (Å²) in [6, 6.07) is 5.51. The van der Waals surface area contributed by atoms with Crippen LogP contribution < -0.4 is 10.6 Å². The highest BCUT2D eigenvalue weighted by Crippen LogP contribution is 2.35. The van der Waals surface area contributed by atoms with Gasteiger partial charge in [0, 0.05) is 38.2 Å². The molecule has 3 aliphatic rings. The third-order valence-corrected chi connectivity index (χ3v) is 10.0. The Bertz CT molecular complexity index is 1150. The number of nitrogens with one attached hydrogen (secondary N) is 2. The first kappa shape index (κ1) is 28.7. The fourth-order valence-corrected chi connectivity index (χ4v) is 7.21. The van der Waals surface area contributed by atoms with E-state index in [-0.39, 0.29) is 23.5 Å². The molecule has 1 aromatic carbocycles. The molecular formula is C28H42N4O5S. The summed E-state index contributed by atoms with van der Waals surface area (Å²) in [5.74, 6) is 0.809. The minimum absolute atomic E-state index is 0.00457. The number of aryl methyl sites for hydroxylation is 2. The molecule has 1 spiro atoms. The number of anilines is 1. The molecule has 10 heteroatoms. The monoisotopic (exact) mass is 546 g/mol. The van der Waals surface area contributed by atoms with Gasteiger partial charge >= 0.3 is 0 Å². The second-order valence-electron chi connectivity index (χ2n) is 11.0. The van der Waals surface area contributed by atoms with Crippen LogP contribution in [-0.4, -0.2) is 67.5 Å². The summed E-state index contributed by atoms with van der Waals surface area (Å²) < 4.78 is 33.7. The van der Waals surface area contributed by atoms with Crippen LogP contribution >= 0.6 is 0 Å². The number of amides is 2. The van der Waals surface area contributed by atoms with Crippen molar-refractivity contribution in [1.29, 1.82) is 0 Å². The third kappa shape index (κ3) is 6.82. The van der Waals surface area contributed by atoms with E-state index in [2.05, 4.69) is 17.6 Å². The molecule has 210 valence electrons. The van der Waals surface area contributed by atoms with E-state index in [4.69, 9.17) is 9.73 Å². The Labute approximate surface area is 226 Å². The van der Waals surface area contributed by atoms with Crippen molar-refractivity contribution >= 4 is 33.4 Å². The van der Waals surface area contributed by atoms with E-state index < -0.39 is 15.6 Å². The lowest BCUT2D eigenvalue weighted by atomic mass is 9.86. The van der Waals surface area contributed by atoms with E-state index in [0.717, 1.165) is 62.1 Å². The van der Waals surface area contributed by atoms with Crippen LogP contribution in [0.5, 0.6) is 0 Å². The molecule has 1 saturated heterocycles. The quantitative estimate of drug-likeness (QED) is 0.435. The molecule has 0 aromatic heterocycles. The maximum atomic E-state index is 13.1. The first-order valence-electron chi connectivity index (χ1n) is 14.0. The molecule has 0 radical (unpaired) electrons. The molecule has 1 aromatic rings. The van der Waals surface area contributed by atoms with Gasteiger partial charge in [-0.15, -0.1) is 0 Å². The number of hydrogen-bond acceptors (Lipinski definition) is 6. The standard InChI is InChI=1S/C28H42N4O5S/c1-4-5-17-37-25-10-7-23(8-11-25)26-30-27(34)28(31-26)13-15-32(16-14-28)38(35,36)18-12-22-6-9-24(19-20(22)2)29-21(3)33/h6,9,19,23,25H,4-5,7-8,10-18H2,1-3H3,(H,29,33)(H,30,31,34).